The second-order valence-corrected chi connectivity index (χ2v) is 11.1. The van der Waals surface area contributed by atoms with Crippen LogP contribution in [0, 0.1) is 13.8 Å². The van der Waals surface area contributed by atoms with Gasteiger partial charge in [-0.3, -0.25) is 0 Å². The Morgan fingerprint density at radius 1 is 1.31 bits per heavy atom. The van der Waals surface area contributed by atoms with E-state index in [9.17, 15) is 22.4 Å². The first-order chi connectivity index (χ1) is 17.0. The first-order valence-corrected chi connectivity index (χ1v) is 12.8. The number of hydrogen-bond donors (Lipinski definition) is 1. The van der Waals surface area contributed by atoms with Crippen molar-refractivity contribution in [2.45, 2.75) is 50.6 Å². The molecule has 2 aromatic rings. The molecule has 0 radical (unpaired) electrons. The molecular formula is C22H25FN7O5S+. The number of nitrogens with one attached hydrogen (secondary N) is 1. The highest BCUT2D eigenvalue weighted by atomic mass is 32.2. The Kier molecular flexibility index (Phi) is 5.75. The Bertz CT molecular complexity index is 1460. The number of carbonyl (C=O) groups excluding carboxylic acids is 2. The number of imide groups is 1. The number of sulfonamides is 1. The summed E-state index contributed by atoms with van der Waals surface area (Å²) < 4.78 is 49.9. The number of halogens is 1. The lowest BCUT2D eigenvalue weighted by molar-refractivity contribution is -0.455. The predicted octanol–water partition coefficient (Wildman–Crippen LogP) is 0.822. The summed E-state index contributed by atoms with van der Waals surface area (Å²) in [5.41, 5.74) is -0.214. The lowest BCUT2D eigenvalue weighted by Crippen LogP contribution is -2.52. The van der Waals surface area contributed by atoms with Crippen LogP contribution in [0.15, 0.2) is 34.4 Å². The van der Waals surface area contributed by atoms with Crippen LogP contribution in [0.3, 0.4) is 0 Å². The van der Waals surface area contributed by atoms with E-state index in [1.807, 2.05) is 0 Å². The average molecular weight is 519 g/mol. The van der Waals surface area contributed by atoms with E-state index in [0.717, 1.165) is 4.90 Å². The average Bonchev–Trinajstić information content (AvgIpc) is 3.35. The molecular weight excluding hydrogens is 493 g/mol. The molecule has 0 saturated heterocycles. The lowest BCUT2D eigenvalue weighted by Gasteiger charge is -2.26. The van der Waals surface area contributed by atoms with E-state index in [1.165, 1.54) is 27.5 Å². The lowest BCUT2D eigenvalue weighted by atomic mass is 9.99. The fraction of sp³-hybridized carbons (Fsp3) is 0.455. The molecule has 190 valence electrons. The maximum Gasteiger partial charge on any atom is 0.502 e. The second kappa shape index (κ2) is 8.55. The molecule has 12 nitrogen and oxygen atoms in total. The number of amides is 3. The van der Waals surface area contributed by atoms with Gasteiger partial charge in [0.25, 0.3) is 0 Å². The number of aryl methyl sites for hydroxylation is 3. The number of aromatic nitrogens is 4. The molecule has 14 heteroatoms. The molecule has 2 aliphatic carbocycles. The zero-order valence-corrected chi connectivity index (χ0v) is 20.7. The largest absolute Gasteiger partial charge is 0.502 e. The van der Waals surface area contributed by atoms with Crippen molar-refractivity contribution in [3.8, 4) is 0 Å². The van der Waals surface area contributed by atoms with Crippen LogP contribution in [0.2, 0.25) is 0 Å². The van der Waals surface area contributed by atoms with E-state index in [2.05, 4.69) is 20.0 Å². The number of rotatable bonds is 8. The molecule has 1 N–H and O–H groups in total. The van der Waals surface area contributed by atoms with Gasteiger partial charge in [0, 0.05) is 13.1 Å². The van der Waals surface area contributed by atoms with Crippen molar-refractivity contribution >= 4 is 27.7 Å². The van der Waals surface area contributed by atoms with Crippen molar-refractivity contribution < 1.29 is 31.5 Å². The van der Waals surface area contributed by atoms with Crippen molar-refractivity contribution in [2.24, 2.45) is 7.05 Å². The van der Waals surface area contributed by atoms with Crippen LogP contribution in [0.1, 0.15) is 35.9 Å². The Hall–Kier alpha value is -3.52. The molecule has 0 bridgehead atoms. The number of carbonyl (C=O) groups is 2. The van der Waals surface area contributed by atoms with Crippen LogP contribution in [0.4, 0.5) is 9.18 Å². The Morgan fingerprint density at radius 3 is 2.64 bits per heavy atom. The third-order valence-corrected chi connectivity index (χ3v) is 8.08. The van der Waals surface area contributed by atoms with E-state index >= 15 is 0 Å². The van der Waals surface area contributed by atoms with E-state index in [4.69, 9.17) is 4.52 Å². The summed E-state index contributed by atoms with van der Waals surface area (Å²) in [5.74, 6) is 0.608. The van der Waals surface area contributed by atoms with Gasteiger partial charge < -0.3 is 4.52 Å². The minimum Gasteiger partial charge on any atom is -0.357 e. The van der Waals surface area contributed by atoms with Crippen LogP contribution < -0.4 is 4.72 Å². The van der Waals surface area contributed by atoms with Gasteiger partial charge in [0.15, 0.2) is 24.7 Å². The van der Waals surface area contributed by atoms with Gasteiger partial charge in [0.05, 0.1) is 11.2 Å². The summed E-state index contributed by atoms with van der Waals surface area (Å²) in [4.78, 5) is 32.3. The van der Waals surface area contributed by atoms with Gasteiger partial charge >= 0.3 is 11.9 Å². The number of alkyl halides is 1. The molecule has 1 unspecified atom stereocenters. The number of nitrogens with zero attached hydrogens (tertiary/aromatic N) is 6. The van der Waals surface area contributed by atoms with Crippen LogP contribution in [0.5, 0.6) is 0 Å². The number of urea groups is 1. The van der Waals surface area contributed by atoms with Crippen LogP contribution in [-0.2, 0) is 35.0 Å². The highest BCUT2D eigenvalue weighted by Crippen LogP contribution is 2.37. The summed E-state index contributed by atoms with van der Waals surface area (Å²) in [5, 5.41) is 6.79. The molecule has 0 spiro atoms. The molecule has 2 aromatic heterocycles. The molecule has 3 aliphatic rings. The van der Waals surface area contributed by atoms with E-state index in [0.29, 0.717) is 35.9 Å². The minimum absolute atomic E-state index is 0.00692. The SMILES string of the molecule is Cc1cc(CN2C(=O)C3=CC(S(=O)(=O)NC4(CF)CC4)C=CC3=[N+](Cc3nc(C)nn3C)C2=O)on1. The van der Waals surface area contributed by atoms with Gasteiger partial charge in [0.2, 0.25) is 10.0 Å². The topological polar surface area (TPSA) is 143 Å². The molecule has 0 aromatic carbocycles. The molecule has 3 amide bonds. The van der Waals surface area contributed by atoms with E-state index < -0.39 is 39.4 Å². The first-order valence-electron chi connectivity index (χ1n) is 11.3. The van der Waals surface area contributed by atoms with Gasteiger partial charge in [-0.15, -0.1) is 4.90 Å². The maximum atomic E-state index is 13.5. The van der Waals surface area contributed by atoms with Gasteiger partial charge in [-0.05, 0) is 38.8 Å². The van der Waals surface area contributed by atoms with Crippen molar-refractivity contribution in [3.63, 3.8) is 0 Å². The Morgan fingerprint density at radius 2 is 2.06 bits per heavy atom. The Balaban J connectivity index is 1.55. The second-order valence-electron chi connectivity index (χ2n) is 9.24. The van der Waals surface area contributed by atoms with Crippen LogP contribution in [-0.4, -0.2) is 72.9 Å². The monoisotopic (exact) mass is 518 g/mol. The normalized spacial score (nSPS) is 21.2. The van der Waals surface area contributed by atoms with Crippen LogP contribution >= 0.6 is 0 Å². The van der Waals surface area contributed by atoms with Crippen LogP contribution in [0.25, 0.3) is 0 Å². The molecule has 36 heavy (non-hydrogen) atoms. The summed E-state index contributed by atoms with van der Waals surface area (Å²) in [6.45, 7) is 2.42. The van der Waals surface area contributed by atoms with Crippen molar-refractivity contribution in [2.75, 3.05) is 6.67 Å². The molecule has 1 fully saturated rings. The summed E-state index contributed by atoms with van der Waals surface area (Å²) in [7, 11) is -2.34. The number of hydrogen-bond acceptors (Lipinski definition) is 8. The van der Waals surface area contributed by atoms with E-state index in [-0.39, 0.29) is 24.4 Å². The van der Waals surface area contributed by atoms with Gasteiger partial charge in [0.1, 0.15) is 29.0 Å². The predicted molar refractivity (Wildman–Crippen MR) is 123 cm³/mol. The minimum atomic E-state index is -4.03. The first kappa shape index (κ1) is 24.2. The standard InChI is InChI=1S/C22H25FN7O5S/c1-13-8-15(35-26-13)10-30-20(31)17-9-16(36(33,34)27-22(12-23)6-7-22)4-5-18(17)29(21(30)32)11-19-24-14(2)25-28(19)3/h4-5,8-9,16,27H,6-7,10-12H2,1-3H3/q+1. The van der Waals surface area contributed by atoms with Crippen molar-refractivity contribution in [1.82, 2.24) is 29.5 Å². The van der Waals surface area contributed by atoms with Gasteiger partial charge in [-0.1, -0.05) is 11.2 Å². The summed E-state index contributed by atoms with van der Waals surface area (Å²) in [6.07, 6.45) is 4.92. The Labute approximate surface area is 206 Å². The summed E-state index contributed by atoms with van der Waals surface area (Å²) >= 11 is 0. The smallest absolute Gasteiger partial charge is 0.357 e. The van der Waals surface area contributed by atoms with Gasteiger partial charge in [-0.25, -0.2) is 32.0 Å². The molecule has 1 atom stereocenters. The van der Waals surface area contributed by atoms with Gasteiger partial charge in [-0.2, -0.15) is 14.5 Å². The van der Waals surface area contributed by atoms with Crippen molar-refractivity contribution in [1.29, 1.82) is 0 Å². The zero-order valence-electron chi connectivity index (χ0n) is 19.9. The molecule has 1 aliphatic heterocycles. The molecule has 1 saturated carbocycles. The number of fused-ring (bicyclic) bond motifs is 1. The highest BCUT2D eigenvalue weighted by Gasteiger charge is 2.50. The molecule has 3 heterocycles. The maximum absolute atomic E-state index is 13.5. The van der Waals surface area contributed by atoms with E-state index in [1.54, 1.807) is 27.0 Å². The molecule has 5 rings (SSSR count). The third kappa shape index (κ3) is 4.30. The zero-order chi connectivity index (χ0) is 25.8. The quantitative estimate of drug-likeness (QED) is 0.506. The highest BCUT2D eigenvalue weighted by molar-refractivity contribution is 7.90. The number of allylic oxidation sites excluding steroid dienone is 1. The third-order valence-electron chi connectivity index (χ3n) is 6.35. The summed E-state index contributed by atoms with van der Waals surface area (Å²) in [6, 6.07) is 0.981. The fourth-order valence-corrected chi connectivity index (χ4v) is 5.83. The van der Waals surface area contributed by atoms with Crippen molar-refractivity contribution in [3.05, 3.63) is 53.0 Å². The fourth-order valence-electron chi connectivity index (χ4n) is 4.23.